The Bertz CT molecular complexity index is 638. The molecule has 0 spiro atoms. The van der Waals surface area contributed by atoms with Crippen LogP contribution in [0.1, 0.15) is 37.0 Å². The molecule has 1 saturated carbocycles. The normalized spacial score (nSPS) is 14.5. The molecule has 0 saturated heterocycles. The summed E-state index contributed by atoms with van der Waals surface area (Å²) in [7, 11) is 1.44. The largest absolute Gasteiger partial charge is 0.493 e. The number of carbonyl (C=O) groups excluding carboxylic acids is 3. The van der Waals surface area contributed by atoms with Crippen LogP contribution in [-0.2, 0) is 14.3 Å². The van der Waals surface area contributed by atoms with Gasteiger partial charge in [-0.05, 0) is 44.9 Å². The molecule has 0 aromatic heterocycles. The van der Waals surface area contributed by atoms with E-state index in [0.717, 1.165) is 12.8 Å². The summed E-state index contributed by atoms with van der Waals surface area (Å²) in [6.45, 7) is 2.59. The lowest BCUT2D eigenvalue weighted by Gasteiger charge is -2.14. The molecule has 0 aliphatic heterocycles. The van der Waals surface area contributed by atoms with Crippen molar-refractivity contribution < 1.29 is 28.6 Å². The van der Waals surface area contributed by atoms with Gasteiger partial charge < -0.3 is 19.5 Å². The Morgan fingerprint density at radius 2 is 1.96 bits per heavy atom. The SMILES string of the molecule is COc1cc(C(C)=O)ccc1OCC(=O)O[C@H](C)C(=O)NC1CC1. The van der Waals surface area contributed by atoms with E-state index in [9.17, 15) is 14.4 Å². The van der Waals surface area contributed by atoms with E-state index in [-0.39, 0.29) is 24.3 Å². The molecule has 7 heteroatoms. The summed E-state index contributed by atoms with van der Waals surface area (Å²) in [6.07, 6.45) is 1.06. The van der Waals surface area contributed by atoms with Gasteiger partial charge in [0, 0.05) is 11.6 Å². The summed E-state index contributed by atoms with van der Waals surface area (Å²) in [6, 6.07) is 4.87. The zero-order valence-corrected chi connectivity index (χ0v) is 14.0. The maximum Gasteiger partial charge on any atom is 0.344 e. The third-order valence-corrected chi connectivity index (χ3v) is 3.52. The number of ether oxygens (including phenoxy) is 3. The quantitative estimate of drug-likeness (QED) is 0.572. The van der Waals surface area contributed by atoms with Crippen LogP contribution in [0.3, 0.4) is 0 Å². The molecular weight excluding hydrogens is 314 g/mol. The number of amides is 1. The van der Waals surface area contributed by atoms with Crippen molar-refractivity contribution in [2.24, 2.45) is 0 Å². The molecule has 1 aliphatic carbocycles. The highest BCUT2D eigenvalue weighted by Gasteiger charge is 2.27. The summed E-state index contributed by atoms with van der Waals surface area (Å²) >= 11 is 0. The number of methoxy groups -OCH3 is 1. The van der Waals surface area contributed by atoms with Gasteiger partial charge in [-0.25, -0.2) is 4.79 Å². The van der Waals surface area contributed by atoms with Crippen molar-refractivity contribution >= 4 is 17.7 Å². The molecule has 1 N–H and O–H groups in total. The van der Waals surface area contributed by atoms with Gasteiger partial charge in [-0.2, -0.15) is 0 Å². The minimum Gasteiger partial charge on any atom is -0.493 e. The van der Waals surface area contributed by atoms with Crippen molar-refractivity contribution in [2.45, 2.75) is 38.8 Å². The number of Topliss-reactive ketones (excluding diaryl/α,β-unsaturated/α-hetero) is 1. The molecule has 130 valence electrons. The summed E-state index contributed by atoms with van der Waals surface area (Å²) in [5, 5.41) is 2.76. The molecule has 2 rings (SSSR count). The highest BCUT2D eigenvalue weighted by molar-refractivity contribution is 5.94. The van der Waals surface area contributed by atoms with Crippen LogP contribution in [-0.4, -0.2) is 43.5 Å². The molecule has 7 nitrogen and oxygen atoms in total. The number of esters is 1. The number of rotatable bonds is 8. The van der Waals surface area contributed by atoms with Gasteiger partial charge >= 0.3 is 5.97 Å². The zero-order valence-electron chi connectivity index (χ0n) is 14.0. The smallest absolute Gasteiger partial charge is 0.344 e. The Balaban J connectivity index is 1.86. The van der Waals surface area contributed by atoms with Crippen LogP contribution >= 0.6 is 0 Å². The van der Waals surface area contributed by atoms with Gasteiger partial charge in [0.1, 0.15) is 0 Å². The Kier molecular flexibility index (Phi) is 5.78. The molecular formula is C17H21NO6. The first-order chi connectivity index (χ1) is 11.4. The van der Waals surface area contributed by atoms with Gasteiger partial charge in [0.05, 0.1) is 7.11 Å². The van der Waals surface area contributed by atoms with Gasteiger partial charge in [-0.1, -0.05) is 0 Å². The van der Waals surface area contributed by atoms with Crippen LogP contribution < -0.4 is 14.8 Å². The van der Waals surface area contributed by atoms with Crippen molar-refractivity contribution in [3.05, 3.63) is 23.8 Å². The molecule has 1 amide bonds. The number of ketones is 1. The topological polar surface area (TPSA) is 90.9 Å². The molecule has 0 radical (unpaired) electrons. The van der Waals surface area contributed by atoms with E-state index < -0.39 is 12.1 Å². The molecule has 24 heavy (non-hydrogen) atoms. The maximum absolute atomic E-state index is 11.8. The monoisotopic (exact) mass is 335 g/mol. The molecule has 0 bridgehead atoms. The third kappa shape index (κ3) is 4.97. The van der Waals surface area contributed by atoms with Crippen LogP contribution in [0.15, 0.2) is 18.2 Å². The summed E-state index contributed by atoms with van der Waals surface area (Å²) in [5.41, 5.74) is 0.479. The molecule has 1 atom stereocenters. The van der Waals surface area contributed by atoms with Crippen molar-refractivity contribution in [1.82, 2.24) is 5.32 Å². The number of hydrogen-bond acceptors (Lipinski definition) is 6. The van der Waals surface area contributed by atoms with E-state index in [1.54, 1.807) is 12.1 Å². The third-order valence-electron chi connectivity index (χ3n) is 3.52. The predicted octanol–water partition coefficient (Wildman–Crippen LogP) is 1.49. The fourth-order valence-electron chi connectivity index (χ4n) is 1.97. The minimum atomic E-state index is -0.872. The Morgan fingerprint density at radius 1 is 1.25 bits per heavy atom. The second-order valence-corrected chi connectivity index (χ2v) is 5.63. The lowest BCUT2D eigenvalue weighted by molar-refractivity contribution is -0.156. The predicted molar refractivity (Wildman–Crippen MR) is 85.2 cm³/mol. The van der Waals surface area contributed by atoms with Crippen LogP contribution in [0, 0.1) is 0 Å². The van der Waals surface area contributed by atoms with Crippen molar-refractivity contribution in [1.29, 1.82) is 0 Å². The Morgan fingerprint density at radius 3 is 2.54 bits per heavy atom. The van der Waals surface area contributed by atoms with E-state index in [2.05, 4.69) is 5.32 Å². The van der Waals surface area contributed by atoms with Crippen molar-refractivity contribution in [3.63, 3.8) is 0 Å². The number of benzene rings is 1. The second-order valence-electron chi connectivity index (χ2n) is 5.63. The van der Waals surface area contributed by atoms with E-state index >= 15 is 0 Å². The van der Waals surface area contributed by atoms with Crippen LogP contribution in [0.25, 0.3) is 0 Å². The van der Waals surface area contributed by atoms with Gasteiger partial charge in [0.15, 0.2) is 30.0 Å². The zero-order chi connectivity index (χ0) is 17.7. The first-order valence-corrected chi connectivity index (χ1v) is 7.72. The molecule has 1 aromatic rings. The lowest BCUT2D eigenvalue weighted by Crippen LogP contribution is -2.37. The van der Waals surface area contributed by atoms with Crippen molar-refractivity contribution in [2.75, 3.05) is 13.7 Å². The average Bonchev–Trinajstić information content (AvgIpc) is 3.36. The first kappa shape index (κ1) is 17.8. The van der Waals surface area contributed by atoms with Gasteiger partial charge in [0.2, 0.25) is 0 Å². The highest BCUT2D eigenvalue weighted by atomic mass is 16.6. The standard InChI is InChI=1S/C17H21NO6/c1-10(19)12-4-7-14(15(8-12)22-3)23-9-16(20)24-11(2)17(21)18-13-5-6-13/h4,7-8,11,13H,5-6,9H2,1-3H3,(H,18,21)/t11-/m1/s1. The van der Waals surface area contributed by atoms with Crippen LogP contribution in [0.4, 0.5) is 0 Å². The fraction of sp³-hybridized carbons (Fsp3) is 0.471. The van der Waals surface area contributed by atoms with Crippen molar-refractivity contribution in [3.8, 4) is 11.5 Å². The molecule has 0 unspecified atom stereocenters. The molecule has 1 fully saturated rings. The average molecular weight is 335 g/mol. The molecule has 1 aromatic carbocycles. The van der Waals surface area contributed by atoms with Gasteiger partial charge in [0.25, 0.3) is 5.91 Å². The lowest BCUT2D eigenvalue weighted by atomic mass is 10.1. The van der Waals surface area contributed by atoms with E-state index in [4.69, 9.17) is 14.2 Å². The van der Waals surface area contributed by atoms with Gasteiger partial charge in [-0.15, -0.1) is 0 Å². The maximum atomic E-state index is 11.8. The minimum absolute atomic E-state index is 0.102. The molecule has 1 aliphatic rings. The number of hydrogen-bond donors (Lipinski definition) is 1. The van der Waals surface area contributed by atoms with Gasteiger partial charge in [-0.3, -0.25) is 9.59 Å². The van der Waals surface area contributed by atoms with Crippen LogP contribution in [0.2, 0.25) is 0 Å². The summed E-state index contributed by atoms with van der Waals surface area (Å²) in [5.74, 6) is -0.417. The summed E-state index contributed by atoms with van der Waals surface area (Å²) < 4.78 is 15.5. The second kappa shape index (κ2) is 7.81. The van der Waals surface area contributed by atoms with E-state index in [1.165, 1.54) is 27.0 Å². The summed E-state index contributed by atoms with van der Waals surface area (Å²) in [4.78, 5) is 34.9. The Labute approximate surface area is 140 Å². The van der Waals surface area contributed by atoms with Crippen LogP contribution in [0.5, 0.6) is 11.5 Å². The molecule has 0 heterocycles. The van der Waals surface area contributed by atoms with E-state index in [0.29, 0.717) is 17.1 Å². The first-order valence-electron chi connectivity index (χ1n) is 7.72. The van der Waals surface area contributed by atoms with E-state index in [1.807, 2.05) is 0 Å². The highest BCUT2D eigenvalue weighted by Crippen LogP contribution is 2.28. The Hall–Kier alpha value is -2.57. The number of carbonyl (C=O) groups is 3. The number of nitrogens with one attached hydrogen (secondary N) is 1. The fourth-order valence-corrected chi connectivity index (χ4v) is 1.97.